The fraction of sp³-hybridized carbons (Fsp3) is 0.600. The molecule has 3 nitrogen and oxygen atoms in total. The highest BCUT2D eigenvalue weighted by Crippen LogP contribution is 2.99. The summed E-state index contributed by atoms with van der Waals surface area (Å²) in [4.78, 5) is 10.4. The molecule has 2 saturated heterocycles. The highest BCUT2D eigenvalue weighted by atomic mass is 31.2. The van der Waals surface area contributed by atoms with Crippen LogP contribution in [-0.4, -0.2) is 22.9 Å². The van der Waals surface area contributed by atoms with Gasteiger partial charge in [-0.2, -0.15) is 0 Å². The number of non-ortho nitro benzene ring substituents is 1. The first-order valence-corrected chi connectivity index (χ1v) is 9.75. The Labute approximate surface area is 112 Å². The molecule has 6 aliphatic rings. The van der Waals surface area contributed by atoms with Crippen LogP contribution in [0.5, 0.6) is 0 Å². The van der Waals surface area contributed by atoms with E-state index in [1.165, 1.54) is 11.7 Å². The summed E-state index contributed by atoms with van der Waals surface area (Å²) in [6.45, 7) is 2.58. The van der Waals surface area contributed by atoms with Crippen LogP contribution in [0.3, 0.4) is 0 Å². The zero-order valence-corrected chi connectivity index (χ0v) is 11.8. The average molecular weight is 274 g/mol. The number of nitro groups is 1. The van der Waals surface area contributed by atoms with Gasteiger partial charge in [-0.25, -0.2) is 0 Å². The van der Waals surface area contributed by atoms with Crippen molar-refractivity contribution in [2.75, 3.05) is 6.66 Å². The van der Waals surface area contributed by atoms with Crippen LogP contribution in [0.25, 0.3) is 0 Å². The predicted molar refractivity (Wildman–Crippen MR) is 75.8 cm³/mol. The Hall–Kier alpha value is -0.950. The quantitative estimate of drug-likeness (QED) is 0.481. The molecule has 4 atom stereocenters. The molecule has 0 aromatic heterocycles. The summed E-state index contributed by atoms with van der Waals surface area (Å²) in [5.41, 5.74) is 3.72. The van der Waals surface area contributed by atoms with Crippen LogP contribution in [0.1, 0.15) is 12.0 Å². The molecule has 6 bridgehead atoms. The summed E-state index contributed by atoms with van der Waals surface area (Å²) in [5, 5.41) is 10.7. The summed E-state index contributed by atoms with van der Waals surface area (Å²) in [5.74, 6) is 4.46. The minimum absolute atomic E-state index is 0.217. The van der Waals surface area contributed by atoms with Gasteiger partial charge in [0, 0.05) is 43.8 Å². The van der Waals surface area contributed by atoms with E-state index in [1.807, 2.05) is 12.1 Å². The van der Waals surface area contributed by atoms with Gasteiger partial charge in [0.25, 0.3) is 5.69 Å². The molecule has 4 aliphatic carbocycles. The van der Waals surface area contributed by atoms with Crippen LogP contribution in [0.4, 0.5) is 5.69 Å². The van der Waals surface area contributed by atoms with Gasteiger partial charge in [-0.3, -0.25) is 10.1 Å². The molecule has 1 aromatic carbocycles. The average Bonchev–Trinajstić information content (AvgIpc) is 2.80. The van der Waals surface area contributed by atoms with E-state index in [1.54, 1.807) is 18.6 Å². The smallest absolute Gasteiger partial charge is 0.258 e. The van der Waals surface area contributed by atoms with Gasteiger partial charge in [0.2, 0.25) is 0 Å². The van der Waals surface area contributed by atoms with Crippen molar-refractivity contribution in [3.8, 4) is 0 Å². The normalized spacial score (nSPS) is 51.0. The molecule has 2 heterocycles. The van der Waals surface area contributed by atoms with Gasteiger partial charge in [-0.05, 0) is 30.0 Å². The molecule has 7 rings (SSSR count). The molecule has 0 N–H and O–H groups in total. The molecule has 0 spiro atoms. The van der Waals surface area contributed by atoms with Crippen LogP contribution in [0.15, 0.2) is 24.3 Å². The lowest BCUT2D eigenvalue weighted by Gasteiger charge is -2.45. The van der Waals surface area contributed by atoms with Crippen LogP contribution < -0.4 is 0 Å². The van der Waals surface area contributed by atoms with Gasteiger partial charge >= 0.3 is 0 Å². The molecular weight excluding hydrogens is 257 g/mol. The largest absolute Gasteiger partial charge is 0.269 e. The van der Waals surface area contributed by atoms with E-state index in [4.69, 9.17) is 0 Å². The van der Waals surface area contributed by atoms with E-state index in [0.29, 0.717) is 0 Å². The molecule has 0 radical (unpaired) electrons. The van der Waals surface area contributed by atoms with Crippen molar-refractivity contribution >= 4 is 12.9 Å². The van der Waals surface area contributed by atoms with Crippen molar-refractivity contribution in [1.82, 2.24) is 0 Å². The Bertz CT molecular complexity index is 577. The standard InChI is InChI=1S/C15H17NO2P/c1-19(7-8-2-4-9(5-3-8)16(17)18)14-11-6-10-12(14)13(10)15(11)19/h2-5,10-15H,6-7H2,1H3/q+1. The highest BCUT2D eigenvalue weighted by Gasteiger charge is 2.92. The van der Waals surface area contributed by atoms with Gasteiger partial charge in [0.1, 0.15) is 0 Å². The van der Waals surface area contributed by atoms with Gasteiger partial charge in [0.15, 0.2) is 0 Å². The zero-order valence-electron chi connectivity index (χ0n) is 10.9. The first-order chi connectivity index (χ1) is 9.11. The molecule has 4 saturated carbocycles. The van der Waals surface area contributed by atoms with Crippen LogP contribution in [0, 0.1) is 33.8 Å². The van der Waals surface area contributed by atoms with Crippen molar-refractivity contribution in [2.24, 2.45) is 23.7 Å². The lowest BCUT2D eigenvalue weighted by atomic mass is 10.1. The maximum atomic E-state index is 10.7. The molecule has 1 aromatic rings. The minimum atomic E-state index is -0.765. The fourth-order valence-electron chi connectivity index (χ4n) is 6.16. The maximum absolute atomic E-state index is 10.7. The Morgan fingerprint density at radius 1 is 1.21 bits per heavy atom. The number of hydrogen-bond acceptors (Lipinski definition) is 2. The van der Waals surface area contributed by atoms with Crippen molar-refractivity contribution in [2.45, 2.75) is 23.9 Å². The Kier molecular flexibility index (Phi) is 1.72. The maximum Gasteiger partial charge on any atom is 0.269 e. The summed E-state index contributed by atoms with van der Waals surface area (Å²) < 4.78 is 0. The molecule has 4 heteroatoms. The number of hydrogen-bond donors (Lipinski definition) is 0. The number of benzene rings is 1. The summed E-state index contributed by atoms with van der Waals surface area (Å²) >= 11 is 0. The number of nitrogens with zero attached hydrogens (tertiary/aromatic N) is 1. The van der Waals surface area contributed by atoms with Crippen molar-refractivity contribution < 1.29 is 4.92 Å². The van der Waals surface area contributed by atoms with E-state index in [-0.39, 0.29) is 10.6 Å². The predicted octanol–water partition coefficient (Wildman–Crippen LogP) is 3.39. The van der Waals surface area contributed by atoms with Crippen LogP contribution in [-0.2, 0) is 6.16 Å². The van der Waals surface area contributed by atoms with Crippen molar-refractivity contribution in [3.05, 3.63) is 39.9 Å². The Morgan fingerprint density at radius 2 is 1.84 bits per heavy atom. The van der Waals surface area contributed by atoms with E-state index in [0.717, 1.165) is 35.0 Å². The second kappa shape index (κ2) is 3.03. The van der Waals surface area contributed by atoms with Crippen molar-refractivity contribution in [3.63, 3.8) is 0 Å². The van der Waals surface area contributed by atoms with Gasteiger partial charge in [-0.15, -0.1) is 0 Å². The molecule has 2 aliphatic heterocycles. The summed E-state index contributed by atoms with van der Waals surface area (Å²) in [7, 11) is -0.765. The third kappa shape index (κ3) is 1.07. The first kappa shape index (κ1) is 10.8. The fourth-order valence-corrected chi connectivity index (χ4v) is 12.5. The second-order valence-corrected chi connectivity index (χ2v) is 11.3. The van der Waals surface area contributed by atoms with Gasteiger partial charge in [-0.1, -0.05) is 0 Å². The molecule has 6 fully saturated rings. The number of rotatable bonds is 3. The third-order valence-corrected chi connectivity index (χ3v) is 11.8. The highest BCUT2D eigenvalue weighted by molar-refractivity contribution is 7.77. The molecule has 19 heavy (non-hydrogen) atoms. The third-order valence-electron chi connectivity index (χ3n) is 6.54. The summed E-state index contributed by atoms with van der Waals surface area (Å²) in [6, 6.07) is 7.31. The second-order valence-electron chi connectivity index (χ2n) is 7.13. The molecular formula is C15H17NO2P+. The van der Waals surface area contributed by atoms with Gasteiger partial charge in [0.05, 0.1) is 22.4 Å². The lowest BCUT2D eigenvalue weighted by molar-refractivity contribution is -0.384. The van der Waals surface area contributed by atoms with Crippen LogP contribution >= 0.6 is 7.26 Å². The zero-order chi connectivity index (χ0) is 12.9. The first-order valence-electron chi connectivity index (χ1n) is 7.19. The Morgan fingerprint density at radius 3 is 2.32 bits per heavy atom. The molecule has 4 unspecified atom stereocenters. The van der Waals surface area contributed by atoms with E-state index < -0.39 is 7.26 Å². The summed E-state index contributed by atoms with van der Waals surface area (Å²) in [6.07, 6.45) is 2.77. The Balaban J connectivity index is 1.40. The topological polar surface area (TPSA) is 43.1 Å². The minimum Gasteiger partial charge on any atom is -0.258 e. The van der Waals surface area contributed by atoms with E-state index in [2.05, 4.69) is 6.66 Å². The number of nitro benzene ring substituents is 1. The monoisotopic (exact) mass is 274 g/mol. The lowest BCUT2D eigenvalue weighted by Crippen LogP contribution is -2.40. The van der Waals surface area contributed by atoms with E-state index >= 15 is 0 Å². The molecule has 98 valence electrons. The SMILES string of the molecule is C[P+]1(Cc2ccc([N+](=O)[O-])cc2)C2C3CC4C2C4C31. The molecule has 0 amide bonds. The van der Waals surface area contributed by atoms with E-state index in [9.17, 15) is 10.1 Å². The van der Waals surface area contributed by atoms with Gasteiger partial charge < -0.3 is 0 Å². The van der Waals surface area contributed by atoms with Crippen molar-refractivity contribution in [1.29, 1.82) is 0 Å². The van der Waals surface area contributed by atoms with Crippen LogP contribution in [0.2, 0.25) is 0 Å².